The molecule has 0 radical (unpaired) electrons. The number of benzene rings is 2. The number of nitrogen functional groups attached to an aromatic ring is 1. The van der Waals surface area contributed by atoms with Gasteiger partial charge in [-0.3, -0.25) is 0 Å². The Morgan fingerprint density at radius 3 is 2.84 bits per heavy atom. The maximum absolute atomic E-state index is 5.82. The van der Waals surface area contributed by atoms with E-state index in [0.29, 0.717) is 6.61 Å². The van der Waals surface area contributed by atoms with Crippen molar-refractivity contribution >= 4 is 34.0 Å². The highest BCUT2D eigenvalue weighted by atomic mass is 127. The number of ether oxygens (including phenoxy) is 1. The molecule has 0 unspecified atom stereocenters. The largest absolute Gasteiger partial charge is 0.491 e. The number of rotatable bonds is 1. The van der Waals surface area contributed by atoms with Crippen LogP contribution in [0.25, 0.3) is 0 Å². The summed E-state index contributed by atoms with van der Waals surface area (Å²) in [5.41, 5.74) is 9.07. The molecule has 0 atom stereocenters. The van der Waals surface area contributed by atoms with Gasteiger partial charge < -0.3 is 15.4 Å². The topological polar surface area (TPSA) is 38.5 Å². The van der Waals surface area contributed by atoms with Crippen LogP contribution >= 0.6 is 22.6 Å². The molecule has 2 aromatic carbocycles. The Bertz CT molecular complexity index is 600. The van der Waals surface area contributed by atoms with Crippen LogP contribution in [-0.2, 0) is 6.54 Å². The van der Waals surface area contributed by atoms with Crippen LogP contribution in [0.4, 0.5) is 11.4 Å². The molecule has 1 aliphatic heterocycles. The Morgan fingerprint density at radius 2 is 2.00 bits per heavy atom. The van der Waals surface area contributed by atoms with Gasteiger partial charge in [0.1, 0.15) is 12.4 Å². The lowest BCUT2D eigenvalue weighted by Gasteiger charge is -2.23. The third-order valence-electron chi connectivity index (χ3n) is 3.27. The van der Waals surface area contributed by atoms with Crippen LogP contribution in [0.1, 0.15) is 5.56 Å². The van der Waals surface area contributed by atoms with Crippen LogP contribution in [-0.4, -0.2) is 13.2 Å². The van der Waals surface area contributed by atoms with Gasteiger partial charge in [0.2, 0.25) is 0 Å². The van der Waals surface area contributed by atoms with Crippen molar-refractivity contribution in [2.45, 2.75) is 6.54 Å². The van der Waals surface area contributed by atoms with Crippen LogP contribution in [0.15, 0.2) is 42.5 Å². The van der Waals surface area contributed by atoms with Crippen molar-refractivity contribution in [2.24, 2.45) is 0 Å². The number of halogens is 1. The summed E-state index contributed by atoms with van der Waals surface area (Å²) in [5, 5.41) is 0. The van der Waals surface area contributed by atoms with Gasteiger partial charge in [-0.25, -0.2) is 0 Å². The molecule has 0 spiro atoms. The highest BCUT2D eigenvalue weighted by Gasteiger charge is 2.16. The molecule has 0 amide bonds. The highest BCUT2D eigenvalue weighted by molar-refractivity contribution is 14.1. The molecular weight excluding hydrogens is 351 g/mol. The number of nitrogens with zero attached hydrogens (tertiary/aromatic N) is 1. The molecular formula is C15H15IN2O. The standard InChI is InChI=1S/C15H15IN2O/c16-13-9-12(17)5-6-14(13)18-7-8-19-15-4-2-1-3-11(15)10-18/h1-6,9H,7-8,10,17H2. The number of hydrogen-bond donors (Lipinski definition) is 1. The van der Waals surface area contributed by atoms with Gasteiger partial charge >= 0.3 is 0 Å². The van der Waals surface area contributed by atoms with Gasteiger partial charge in [-0.15, -0.1) is 0 Å². The summed E-state index contributed by atoms with van der Waals surface area (Å²) >= 11 is 2.34. The van der Waals surface area contributed by atoms with E-state index in [2.05, 4.69) is 45.7 Å². The summed E-state index contributed by atoms with van der Waals surface area (Å²) < 4.78 is 6.97. The second-order valence-corrected chi connectivity index (χ2v) is 5.75. The van der Waals surface area contributed by atoms with Crippen molar-refractivity contribution in [2.75, 3.05) is 23.8 Å². The molecule has 0 aromatic heterocycles. The molecule has 19 heavy (non-hydrogen) atoms. The monoisotopic (exact) mass is 366 g/mol. The highest BCUT2D eigenvalue weighted by Crippen LogP contribution is 2.29. The molecule has 3 rings (SSSR count). The summed E-state index contributed by atoms with van der Waals surface area (Å²) in [4.78, 5) is 2.34. The summed E-state index contributed by atoms with van der Waals surface area (Å²) in [6, 6.07) is 14.3. The minimum absolute atomic E-state index is 0.706. The van der Waals surface area contributed by atoms with Crippen molar-refractivity contribution in [1.29, 1.82) is 0 Å². The summed E-state index contributed by atoms with van der Waals surface area (Å²) in [5.74, 6) is 0.996. The summed E-state index contributed by atoms with van der Waals surface area (Å²) in [6.45, 7) is 2.46. The Morgan fingerprint density at radius 1 is 1.16 bits per heavy atom. The molecule has 0 bridgehead atoms. The first-order chi connectivity index (χ1) is 9.24. The first kappa shape index (κ1) is 12.6. The number of para-hydroxylation sites is 1. The lowest BCUT2D eigenvalue weighted by Crippen LogP contribution is -2.26. The van der Waals surface area contributed by atoms with Crippen LogP contribution in [0.2, 0.25) is 0 Å². The predicted molar refractivity (Wildman–Crippen MR) is 86.6 cm³/mol. The van der Waals surface area contributed by atoms with Gasteiger partial charge in [-0.1, -0.05) is 18.2 Å². The lowest BCUT2D eigenvalue weighted by atomic mass is 10.2. The van der Waals surface area contributed by atoms with E-state index in [1.54, 1.807) is 0 Å². The normalized spacial score (nSPS) is 14.5. The van der Waals surface area contributed by atoms with Crippen LogP contribution in [0.5, 0.6) is 5.75 Å². The average molecular weight is 366 g/mol. The van der Waals surface area contributed by atoms with Gasteiger partial charge in [0, 0.05) is 21.4 Å². The fourth-order valence-corrected chi connectivity index (χ4v) is 3.19. The minimum atomic E-state index is 0.706. The number of fused-ring (bicyclic) bond motifs is 1. The first-order valence-electron chi connectivity index (χ1n) is 6.25. The van der Waals surface area contributed by atoms with Crippen molar-refractivity contribution < 1.29 is 4.74 Å². The van der Waals surface area contributed by atoms with E-state index in [1.165, 1.54) is 14.8 Å². The van der Waals surface area contributed by atoms with Crippen molar-refractivity contribution in [3.63, 3.8) is 0 Å². The first-order valence-corrected chi connectivity index (χ1v) is 7.32. The second-order valence-electron chi connectivity index (χ2n) is 4.59. The van der Waals surface area contributed by atoms with E-state index < -0.39 is 0 Å². The number of hydrogen-bond acceptors (Lipinski definition) is 3. The van der Waals surface area contributed by atoms with E-state index in [0.717, 1.165) is 24.5 Å². The van der Waals surface area contributed by atoms with Gasteiger partial charge in [0.25, 0.3) is 0 Å². The number of anilines is 2. The van der Waals surface area contributed by atoms with Crippen LogP contribution < -0.4 is 15.4 Å². The molecule has 0 fully saturated rings. The molecule has 2 N–H and O–H groups in total. The Balaban J connectivity index is 1.94. The van der Waals surface area contributed by atoms with E-state index in [-0.39, 0.29) is 0 Å². The summed E-state index contributed by atoms with van der Waals surface area (Å²) in [7, 11) is 0. The Hall–Kier alpha value is -1.43. The van der Waals surface area contributed by atoms with Gasteiger partial charge in [0.05, 0.1) is 12.2 Å². The Labute approximate surface area is 126 Å². The third-order valence-corrected chi connectivity index (χ3v) is 4.13. The predicted octanol–water partition coefficient (Wildman–Crippen LogP) is 3.27. The smallest absolute Gasteiger partial charge is 0.124 e. The molecule has 0 saturated carbocycles. The van der Waals surface area contributed by atoms with Gasteiger partial charge in [-0.2, -0.15) is 0 Å². The molecule has 3 nitrogen and oxygen atoms in total. The van der Waals surface area contributed by atoms with Crippen molar-refractivity contribution in [3.05, 3.63) is 51.6 Å². The zero-order valence-electron chi connectivity index (χ0n) is 10.5. The molecule has 0 aliphatic carbocycles. The zero-order valence-corrected chi connectivity index (χ0v) is 12.6. The minimum Gasteiger partial charge on any atom is -0.491 e. The molecule has 2 aromatic rings. The number of nitrogens with two attached hydrogens (primary N) is 1. The van der Waals surface area contributed by atoms with E-state index in [4.69, 9.17) is 10.5 Å². The molecule has 1 heterocycles. The lowest BCUT2D eigenvalue weighted by molar-refractivity contribution is 0.331. The van der Waals surface area contributed by atoms with E-state index >= 15 is 0 Å². The van der Waals surface area contributed by atoms with E-state index in [9.17, 15) is 0 Å². The summed E-state index contributed by atoms with van der Waals surface area (Å²) in [6.07, 6.45) is 0. The zero-order chi connectivity index (χ0) is 13.2. The SMILES string of the molecule is Nc1ccc(N2CCOc3ccccc3C2)c(I)c1. The maximum Gasteiger partial charge on any atom is 0.124 e. The quantitative estimate of drug-likeness (QED) is 0.622. The molecule has 0 saturated heterocycles. The fourth-order valence-electron chi connectivity index (χ4n) is 2.31. The van der Waals surface area contributed by atoms with E-state index in [1.807, 2.05) is 24.3 Å². The van der Waals surface area contributed by atoms with Crippen LogP contribution in [0, 0.1) is 3.57 Å². The average Bonchev–Trinajstić information content (AvgIpc) is 2.60. The van der Waals surface area contributed by atoms with Crippen LogP contribution in [0.3, 0.4) is 0 Å². The molecule has 98 valence electrons. The van der Waals surface area contributed by atoms with Gasteiger partial charge in [-0.05, 0) is 46.9 Å². The Kier molecular flexibility index (Phi) is 3.50. The van der Waals surface area contributed by atoms with Crippen molar-refractivity contribution in [1.82, 2.24) is 0 Å². The second kappa shape index (κ2) is 5.28. The van der Waals surface area contributed by atoms with Gasteiger partial charge in [0.15, 0.2) is 0 Å². The molecule has 1 aliphatic rings. The third kappa shape index (κ3) is 2.63. The fraction of sp³-hybridized carbons (Fsp3) is 0.200. The maximum atomic E-state index is 5.82. The van der Waals surface area contributed by atoms with Crippen molar-refractivity contribution in [3.8, 4) is 5.75 Å². The molecule has 4 heteroatoms.